The summed E-state index contributed by atoms with van der Waals surface area (Å²) >= 11 is -0.873. The summed E-state index contributed by atoms with van der Waals surface area (Å²) in [7, 11) is 0. The molecule has 0 radical (unpaired) electrons. The Labute approximate surface area is 93.7 Å². The van der Waals surface area contributed by atoms with Crippen LogP contribution in [0.25, 0.3) is 0 Å². The van der Waals surface area contributed by atoms with E-state index in [1.807, 2.05) is 12.1 Å². The van der Waals surface area contributed by atoms with Gasteiger partial charge in [-0.25, -0.2) is 0 Å². The van der Waals surface area contributed by atoms with Crippen LogP contribution < -0.4 is 10.2 Å². The zero-order chi connectivity index (χ0) is 10.7. The zero-order valence-electron chi connectivity index (χ0n) is 8.90. The van der Waals surface area contributed by atoms with Gasteiger partial charge in [-0.2, -0.15) is 0 Å². The molecule has 0 saturated carbocycles. The minimum Gasteiger partial charge on any atom is -0.612 e. The van der Waals surface area contributed by atoms with Crippen molar-refractivity contribution < 1.29 is 4.55 Å². The summed E-state index contributed by atoms with van der Waals surface area (Å²) in [5.41, 5.74) is 1.23. The molecule has 2 rings (SSSR count). The number of piperazine rings is 1. The molecular formula is C11H16N2OS. The van der Waals surface area contributed by atoms with Crippen molar-refractivity contribution in [2.45, 2.75) is 4.90 Å². The lowest BCUT2D eigenvalue weighted by Gasteiger charge is -2.29. The standard InChI is InChI=1S/C11H16N2OS/c1-15(14)11-4-2-10(3-5-11)13-8-6-12-7-9-13/h2-5,12H,6-9H2,1H3. The summed E-state index contributed by atoms with van der Waals surface area (Å²) in [6.07, 6.45) is 1.71. The molecule has 1 saturated heterocycles. The van der Waals surface area contributed by atoms with Gasteiger partial charge in [0.2, 0.25) is 0 Å². The summed E-state index contributed by atoms with van der Waals surface area (Å²) in [6.45, 7) is 4.19. The van der Waals surface area contributed by atoms with Crippen molar-refractivity contribution in [2.24, 2.45) is 0 Å². The maximum Gasteiger partial charge on any atom is 0.152 e. The maximum atomic E-state index is 11.2. The van der Waals surface area contributed by atoms with Crippen LogP contribution in [-0.4, -0.2) is 37.0 Å². The summed E-state index contributed by atoms with van der Waals surface area (Å²) in [4.78, 5) is 3.24. The van der Waals surface area contributed by atoms with Crippen LogP contribution >= 0.6 is 0 Å². The lowest BCUT2D eigenvalue weighted by Crippen LogP contribution is -2.43. The van der Waals surface area contributed by atoms with Crippen LogP contribution in [-0.2, 0) is 11.2 Å². The fraction of sp³-hybridized carbons (Fsp3) is 0.455. The molecule has 1 aromatic carbocycles. The highest BCUT2D eigenvalue weighted by Crippen LogP contribution is 2.18. The van der Waals surface area contributed by atoms with Crippen molar-refractivity contribution in [3.63, 3.8) is 0 Å². The quantitative estimate of drug-likeness (QED) is 0.756. The molecule has 1 heterocycles. The van der Waals surface area contributed by atoms with E-state index in [-0.39, 0.29) is 0 Å². The summed E-state index contributed by atoms with van der Waals surface area (Å²) in [5.74, 6) is 0. The molecule has 0 bridgehead atoms. The van der Waals surface area contributed by atoms with E-state index < -0.39 is 11.2 Å². The van der Waals surface area contributed by atoms with E-state index in [1.54, 1.807) is 6.26 Å². The minimum absolute atomic E-state index is 0.873. The number of nitrogens with zero attached hydrogens (tertiary/aromatic N) is 1. The molecule has 1 aromatic rings. The van der Waals surface area contributed by atoms with Crippen molar-refractivity contribution in [3.05, 3.63) is 24.3 Å². The second kappa shape index (κ2) is 4.88. The number of hydrogen-bond donors (Lipinski definition) is 1. The maximum absolute atomic E-state index is 11.2. The molecule has 0 aliphatic carbocycles. The number of nitrogens with one attached hydrogen (secondary N) is 1. The Morgan fingerprint density at radius 1 is 1.20 bits per heavy atom. The summed E-state index contributed by atoms with van der Waals surface area (Å²) in [5, 5.41) is 3.32. The smallest absolute Gasteiger partial charge is 0.152 e. The average Bonchev–Trinajstić information content (AvgIpc) is 2.30. The normalized spacial score (nSPS) is 18.9. The highest BCUT2D eigenvalue weighted by Gasteiger charge is 2.11. The van der Waals surface area contributed by atoms with Gasteiger partial charge >= 0.3 is 0 Å². The van der Waals surface area contributed by atoms with E-state index in [9.17, 15) is 4.55 Å². The molecule has 0 amide bonds. The van der Waals surface area contributed by atoms with E-state index in [0.29, 0.717) is 0 Å². The van der Waals surface area contributed by atoms with Crippen molar-refractivity contribution >= 4 is 16.9 Å². The molecule has 82 valence electrons. The monoisotopic (exact) mass is 224 g/mol. The highest BCUT2D eigenvalue weighted by atomic mass is 32.2. The predicted molar refractivity (Wildman–Crippen MR) is 63.9 cm³/mol. The van der Waals surface area contributed by atoms with Gasteiger partial charge in [-0.1, -0.05) is 0 Å². The topological polar surface area (TPSA) is 38.3 Å². The van der Waals surface area contributed by atoms with Crippen molar-refractivity contribution in [2.75, 3.05) is 37.3 Å². The molecule has 1 N–H and O–H groups in total. The largest absolute Gasteiger partial charge is 0.612 e. The van der Waals surface area contributed by atoms with Gasteiger partial charge < -0.3 is 14.8 Å². The van der Waals surface area contributed by atoms with Crippen LogP contribution in [0, 0.1) is 0 Å². The fourth-order valence-electron chi connectivity index (χ4n) is 1.77. The van der Waals surface area contributed by atoms with Gasteiger partial charge in [0, 0.05) is 31.9 Å². The third-order valence-corrected chi connectivity index (χ3v) is 3.59. The second-order valence-corrected chi connectivity index (χ2v) is 5.06. The molecule has 0 spiro atoms. The van der Waals surface area contributed by atoms with Crippen LogP contribution in [0.5, 0.6) is 0 Å². The predicted octanol–water partition coefficient (Wildman–Crippen LogP) is 0.834. The van der Waals surface area contributed by atoms with Gasteiger partial charge in [-0.15, -0.1) is 0 Å². The van der Waals surface area contributed by atoms with Gasteiger partial charge in [-0.05, 0) is 35.4 Å². The van der Waals surface area contributed by atoms with Gasteiger partial charge in [-0.3, -0.25) is 0 Å². The lowest BCUT2D eigenvalue weighted by molar-refractivity contribution is 0.589. The molecule has 1 unspecified atom stereocenters. The first-order valence-corrected chi connectivity index (χ1v) is 6.72. The molecule has 4 heteroatoms. The Hall–Kier alpha value is -0.710. The number of rotatable bonds is 2. The first-order chi connectivity index (χ1) is 7.27. The Kier molecular flexibility index (Phi) is 3.51. The van der Waals surface area contributed by atoms with Crippen LogP contribution in [0.15, 0.2) is 29.2 Å². The minimum atomic E-state index is -0.873. The molecule has 1 aliphatic heterocycles. The number of benzene rings is 1. The SMILES string of the molecule is C[S+]([O-])c1ccc(N2CCNCC2)cc1. The van der Waals surface area contributed by atoms with Gasteiger partial charge in [0.25, 0.3) is 0 Å². The first kappa shape index (κ1) is 10.8. The Bertz CT molecular complexity index is 307. The average molecular weight is 224 g/mol. The van der Waals surface area contributed by atoms with Gasteiger partial charge in [0.1, 0.15) is 6.26 Å². The van der Waals surface area contributed by atoms with Crippen LogP contribution in [0.1, 0.15) is 0 Å². The van der Waals surface area contributed by atoms with Crippen LogP contribution in [0.2, 0.25) is 0 Å². The van der Waals surface area contributed by atoms with Crippen molar-refractivity contribution in [1.29, 1.82) is 0 Å². The van der Waals surface area contributed by atoms with E-state index in [4.69, 9.17) is 0 Å². The van der Waals surface area contributed by atoms with Crippen molar-refractivity contribution in [1.82, 2.24) is 5.32 Å². The molecule has 0 aromatic heterocycles. The number of hydrogen-bond acceptors (Lipinski definition) is 3. The molecule has 1 aliphatic rings. The molecule has 1 atom stereocenters. The molecule has 3 nitrogen and oxygen atoms in total. The fourth-order valence-corrected chi connectivity index (χ4v) is 2.29. The first-order valence-electron chi connectivity index (χ1n) is 5.16. The zero-order valence-corrected chi connectivity index (χ0v) is 9.72. The third kappa shape index (κ3) is 2.65. The Morgan fingerprint density at radius 2 is 1.80 bits per heavy atom. The van der Waals surface area contributed by atoms with Crippen LogP contribution in [0.4, 0.5) is 5.69 Å². The molecule has 15 heavy (non-hydrogen) atoms. The van der Waals surface area contributed by atoms with Crippen molar-refractivity contribution in [3.8, 4) is 0 Å². The highest BCUT2D eigenvalue weighted by molar-refractivity contribution is 7.90. The Morgan fingerprint density at radius 3 is 2.33 bits per heavy atom. The lowest BCUT2D eigenvalue weighted by atomic mass is 10.2. The van der Waals surface area contributed by atoms with E-state index in [2.05, 4.69) is 22.3 Å². The molecular weight excluding hydrogens is 208 g/mol. The van der Waals surface area contributed by atoms with E-state index in [0.717, 1.165) is 31.1 Å². The van der Waals surface area contributed by atoms with Gasteiger partial charge in [0.05, 0.1) is 0 Å². The molecule has 1 fully saturated rings. The van der Waals surface area contributed by atoms with E-state index >= 15 is 0 Å². The summed E-state index contributed by atoms with van der Waals surface area (Å²) < 4.78 is 11.2. The Balaban J connectivity index is 2.08. The second-order valence-electron chi connectivity index (χ2n) is 3.69. The van der Waals surface area contributed by atoms with Gasteiger partial charge in [0.15, 0.2) is 4.90 Å². The third-order valence-electron chi connectivity index (χ3n) is 2.65. The number of anilines is 1. The summed E-state index contributed by atoms with van der Waals surface area (Å²) in [6, 6.07) is 8.02. The van der Waals surface area contributed by atoms with E-state index in [1.165, 1.54) is 5.69 Å². The van der Waals surface area contributed by atoms with Crippen LogP contribution in [0.3, 0.4) is 0 Å².